The average molecular weight is 155 g/mol. The molecule has 2 unspecified atom stereocenters. The van der Waals surface area contributed by atoms with Gasteiger partial charge in [-0.1, -0.05) is 20.8 Å². The van der Waals surface area contributed by atoms with Gasteiger partial charge in [-0.2, -0.15) is 0 Å². The van der Waals surface area contributed by atoms with Crippen molar-refractivity contribution in [3.8, 4) is 0 Å². The van der Waals surface area contributed by atoms with E-state index in [-0.39, 0.29) is 0 Å². The van der Waals surface area contributed by atoms with E-state index in [1.807, 2.05) is 0 Å². The Kier molecular flexibility index (Phi) is 3.38. The first-order valence-electron chi connectivity index (χ1n) is 4.93. The first kappa shape index (κ1) is 9.05. The highest BCUT2D eigenvalue weighted by atomic mass is 14.9. The molecule has 0 amide bonds. The highest BCUT2D eigenvalue weighted by molar-refractivity contribution is 4.78. The molecule has 1 N–H and O–H groups in total. The van der Waals surface area contributed by atoms with Crippen molar-refractivity contribution in [2.45, 2.75) is 46.1 Å². The minimum atomic E-state index is 0.795. The van der Waals surface area contributed by atoms with Crippen molar-refractivity contribution < 1.29 is 0 Å². The summed E-state index contributed by atoms with van der Waals surface area (Å²) in [6.45, 7) is 8.23. The van der Waals surface area contributed by atoms with Gasteiger partial charge in [-0.25, -0.2) is 0 Å². The molecule has 1 aliphatic rings. The van der Waals surface area contributed by atoms with E-state index in [1.165, 1.54) is 25.8 Å². The van der Waals surface area contributed by atoms with Crippen molar-refractivity contribution in [3.05, 3.63) is 0 Å². The highest BCUT2D eigenvalue weighted by Crippen LogP contribution is 2.20. The van der Waals surface area contributed by atoms with E-state index in [1.54, 1.807) is 0 Å². The van der Waals surface area contributed by atoms with E-state index in [9.17, 15) is 0 Å². The van der Waals surface area contributed by atoms with Crippen LogP contribution >= 0.6 is 0 Å². The van der Waals surface area contributed by atoms with Gasteiger partial charge in [0.15, 0.2) is 0 Å². The lowest BCUT2D eigenvalue weighted by Gasteiger charge is -2.31. The zero-order chi connectivity index (χ0) is 8.27. The molecule has 1 rings (SSSR count). The van der Waals surface area contributed by atoms with Crippen LogP contribution in [0.3, 0.4) is 0 Å². The summed E-state index contributed by atoms with van der Waals surface area (Å²) in [6, 6.07) is 0.795. The van der Waals surface area contributed by atoms with Gasteiger partial charge in [-0.15, -0.1) is 0 Å². The minimum absolute atomic E-state index is 0.795. The van der Waals surface area contributed by atoms with E-state index < -0.39 is 0 Å². The van der Waals surface area contributed by atoms with Crippen LogP contribution in [0, 0.1) is 11.8 Å². The van der Waals surface area contributed by atoms with Gasteiger partial charge in [-0.05, 0) is 37.6 Å². The smallest absolute Gasteiger partial charge is 0.00951 e. The molecule has 11 heavy (non-hydrogen) atoms. The average Bonchev–Trinajstić information content (AvgIpc) is 1.93. The molecule has 0 aliphatic carbocycles. The Morgan fingerprint density at radius 3 is 2.73 bits per heavy atom. The first-order chi connectivity index (χ1) is 5.20. The van der Waals surface area contributed by atoms with E-state index in [2.05, 4.69) is 26.1 Å². The number of nitrogens with one attached hydrogen (secondary N) is 1. The number of piperidine rings is 1. The van der Waals surface area contributed by atoms with Gasteiger partial charge in [0.05, 0.1) is 0 Å². The quantitative estimate of drug-likeness (QED) is 0.645. The molecule has 0 aromatic heterocycles. The summed E-state index contributed by atoms with van der Waals surface area (Å²) in [4.78, 5) is 0. The number of rotatable bonds is 2. The summed E-state index contributed by atoms with van der Waals surface area (Å²) in [7, 11) is 0. The van der Waals surface area contributed by atoms with Crippen molar-refractivity contribution in [1.29, 1.82) is 0 Å². The second kappa shape index (κ2) is 4.10. The predicted octanol–water partition coefficient (Wildman–Crippen LogP) is 2.42. The molecule has 0 saturated carbocycles. The van der Waals surface area contributed by atoms with Crippen LogP contribution in [-0.4, -0.2) is 12.6 Å². The van der Waals surface area contributed by atoms with Crippen LogP contribution < -0.4 is 5.32 Å². The Hall–Kier alpha value is -0.0400. The van der Waals surface area contributed by atoms with Crippen molar-refractivity contribution in [2.75, 3.05) is 6.54 Å². The van der Waals surface area contributed by atoms with Crippen molar-refractivity contribution in [1.82, 2.24) is 5.32 Å². The van der Waals surface area contributed by atoms with Gasteiger partial charge in [0.1, 0.15) is 0 Å². The molecular weight excluding hydrogens is 134 g/mol. The maximum absolute atomic E-state index is 3.60. The van der Waals surface area contributed by atoms with Gasteiger partial charge in [0.2, 0.25) is 0 Å². The van der Waals surface area contributed by atoms with Crippen LogP contribution in [-0.2, 0) is 0 Å². The standard InChI is InChI=1S/C10H21N/c1-8(2)7-10-9(3)5-4-6-11-10/h8-11H,4-7H2,1-3H3. The van der Waals surface area contributed by atoms with Crippen LogP contribution in [0.15, 0.2) is 0 Å². The van der Waals surface area contributed by atoms with Gasteiger partial charge in [0.25, 0.3) is 0 Å². The molecule has 66 valence electrons. The lowest BCUT2D eigenvalue weighted by Crippen LogP contribution is -2.40. The zero-order valence-corrected chi connectivity index (χ0v) is 8.06. The van der Waals surface area contributed by atoms with Crippen LogP contribution in [0.5, 0.6) is 0 Å². The lowest BCUT2D eigenvalue weighted by molar-refractivity contribution is 0.264. The SMILES string of the molecule is CC(C)CC1NCCCC1C. The maximum Gasteiger partial charge on any atom is 0.00951 e. The Bertz CT molecular complexity index is 109. The molecule has 1 nitrogen and oxygen atoms in total. The van der Waals surface area contributed by atoms with Crippen molar-refractivity contribution in [2.24, 2.45) is 11.8 Å². The molecule has 0 spiro atoms. The zero-order valence-electron chi connectivity index (χ0n) is 8.06. The van der Waals surface area contributed by atoms with Crippen LogP contribution in [0.4, 0.5) is 0 Å². The van der Waals surface area contributed by atoms with Crippen LogP contribution in [0.1, 0.15) is 40.0 Å². The normalized spacial score (nSPS) is 32.7. The third kappa shape index (κ3) is 2.82. The fourth-order valence-electron chi connectivity index (χ4n) is 1.94. The Morgan fingerprint density at radius 2 is 2.18 bits per heavy atom. The Morgan fingerprint density at radius 1 is 1.45 bits per heavy atom. The van der Waals surface area contributed by atoms with Crippen LogP contribution in [0.2, 0.25) is 0 Å². The van der Waals surface area contributed by atoms with E-state index in [4.69, 9.17) is 0 Å². The van der Waals surface area contributed by atoms with Crippen LogP contribution in [0.25, 0.3) is 0 Å². The molecular formula is C10H21N. The third-order valence-electron chi connectivity index (χ3n) is 2.65. The molecule has 1 heteroatoms. The minimum Gasteiger partial charge on any atom is -0.314 e. The largest absolute Gasteiger partial charge is 0.314 e. The Balaban J connectivity index is 2.29. The third-order valence-corrected chi connectivity index (χ3v) is 2.65. The van der Waals surface area contributed by atoms with Gasteiger partial charge in [0, 0.05) is 6.04 Å². The molecule has 0 aromatic carbocycles. The summed E-state index contributed by atoms with van der Waals surface area (Å²) in [6.07, 6.45) is 4.14. The molecule has 0 bridgehead atoms. The summed E-state index contributed by atoms with van der Waals surface area (Å²) >= 11 is 0. The lowest BCUT2D eigenvalue weighted by atomic mass is 9.87. The van der Waals surface area contributed by atoms with E-state index in [0.717, 1.165) is 17.9 Å². The fraction of sp³-hybridized carbons (Fsp3) is 1.00. The molecule has 2 atom stereocenters. The van der Waals surface area contributed by atoms with E-state index in [0.29, 0.717) is 0 Å². The molecule has 0 radical (unpaired) electrons. The summed E-state index contributed by atoms with van der Waals surface area (Å²) in [5.74, 6) is 1.74. The number of hydrogen-bond acceptors (Lipinski definition) is 1. The van der Waals surface area contributed by atoms with Gasteiger partial charge < -0.3 is 5.32 Å². The van der Waals surface area contributed by atoms with Gasteiger partial charge >= 0.3 is 0 Å². The summed E-state index contributed by atoms with van der Waals surface area (Å²) < 4.78 is 0. The molecule has 1 fully saturated rings. The van der Waals surface area contributed by atoms with Crippen molar-refractivity contribution >= 4 is 0 Å². The maximum atomic E-state index is 3.60. The summed E-state index contributed by atoms with van der Waals surface area (Å²) in [5.41, 5.74) is 0. The summed E-state index contributed by atoms with van der Waals surface area (Å²) in [5, 5.41) is 3.60. The topological polar surface area (TPSA) is 12.0 Å². The molecule has 0 aromatic rings. The second-order valence-corrected chi connectivity index (χ2v) is 4.31. The number of hydrogen-bond donors (Lipinski definition) is 1. The van der Waals surface area contributed by atoms with Crippen molar-refractivity contribution in [3.63, 3.8) is 0 Å². The predicted molar refractivity (Wildman–Crippen MR) is 49.6 cm³/mol. The second-order valence-electron chi connectivity index (χ2n) is 4.31. The monoisotopic (exact) mass is 155 g/mol. The van der Waals surface area contributed by atoms with E-state index >= 15 is 0 Å². The fourth-order valence-corrected chi connectivity index (χ4v) is 1.94. The molecule has 1 aliphatic heterocycles. The molecule has 1 saturated heterocycles. The highest BCUT2D eigenvalue weighted by Gasteiger charge is 2.20. The Labute approximate surface area is 70.6 Å². The first-order valence-corrected chi connectivity index (χ1v) is 4.93. The van der Waals surface area contributed by atoms with Gasteiger partial charge in [-0.3, -0.25) is 0 Å². The molecule has 1 heterocycles.